The topological polar surface area (TPSA) is 76.0 Å². The Morgan fingerprint density at radius 2 is 1.60 bits per heavy atom. The van der Waals surface area contributed by atoms with E-state index in [0.29, 0.717) is 12.1 Å². The lowest BCUT2D eigenvalue weighted by Crippen LogP contribution is -2.49. The zero-order chi connectivity index (χ0) is 24.6. The summed E-state index contributed by atoms with van der Waals surface area (Å²) < 4.78 is 0. The zero-order valence-electron chi connectivity index (χ0n) is 19.5. The highest BCUT2D eigenvalue weighted by molar-refractivity contribution is 6.30. The number of carbonyl (C=O) groups is 1. The molecule has 1 atom stereocenters. The number of benzene rings is 3. The molecule has 4 rings (SSSR count). The molecule has 0 aromatic heterocycles. The number of rotatable bonds is 8. The molecule has 3 aromatic rings. The van der Waals surface area contributed by atoms with E-state index in [4.69, 9.17) is 11.6 Å². The molecule has 0 saturated carbocycles. The summed E-state index contributed by atoms with van der Waals surface area (Å²) in [5, 5.41) is 22.6. The normalized spacial score (nSPS) is 15.8. The molecule has 6 nitrogen and oxygen atoms in total. The van der Waals surface area contributed by atoms with Crippen molar-refractivity contribution < 1.29 is 15.0 Å². The number of nitrogens with zero attached hydrogens (tertiary/aromatic N) is 2. The van der Waals surface area contributed by atoms with Crippen LogP contribution in [0.1, 0.15) is 22.7 Å². The van der Waals surface area contributed by atoms with E-state index >= 15 is 0 Å². The van der Waals surface area contributed by atoms with Crippen LogP contribution in [-0.4, -0.2) is 65.2 Å². The molecule has 3 N–H and O–H groups in total. The Hall–Kier alpha value is -3.32. The molecule has 0 spiro atoms. The largest absolute Gasteiger partial charge is 0.504 e. The molecular weight excluding hydrogens is 462 g/mol. The number of aromatic hydroxyl groups is 2. The van der Waals surface area contributed by atoms with Gasteiger partial charge >= 0.3 is 0 Å². The van der Waals surface area contributed by atoms with Crippen molar-refractivity contribution in [3.8, 4) is 11.5 Å². The monoisotopic (exact) mass is 491 g/mol. The standard InChI is InChI=1S/C28H30ClN3O3/c29-24-10-8-23(9-11-24)28(22-4-2-1-3-5-22)32-18-16-31(17-19-32)15-14-30-27(35)13-7-21-6-12-25(33)26(34)20-21/h1-13,20,28,33-34H,14-19H2,(H,30,35). The van der Waals surface area contributed by atoms with Crippen molar-refractivity contribution in [3.63, 3.8) is 0 Å². The van der Waals surface area contributed by atoms with Crippen LogP contribution >= 0.6 is 11.6 Å². The van der Waals surface area contributed by atoms with Crippen LogP contribution in [0.25, 0.3) is 6.08 Å². The molecule has 1 amide bonds. The Morgan fingerprint density at radius 3 is 2.29 bits per heavy atom. The third kappa shape index (κ3) is 6.85. The number of phenols is 2. The molecule has 1 saturated heterocycles. The summed E-state index contributed by atoms with van der Waals surface area (Å²) in [5.41, 5.74) is 3.14. The van der Waals surface area contributed by atoms with Crippen molar-refractivity contribution in [2.75, 3.05) is 39.3 Å². The smallest absolute Gasteiger partial charge is 0.244 e. The Balaban J connectivity index is 1.27. The van der Waals surface area contributed by atoms with Crippen LogP contribution < -0.4 is 5.32 Å². The highest BCUT2D eigenvalue weighted by Crippen LogP contribution is 2.30. The summed E-state index contributed by atoms with van der Waals surface area (Å²) in [7, 11) is 0. The summed E-state index contributed by atoms with van der Waals surface area (Å²) in [6.45, 7) is 5.05. The molecular formula is C28H30ClN3O3. The fourth-order valence-corrected chi connectivity index (χ4v) is 4.48. The number of halogens is 1. The number of piperazine rings is 1. The van der Waals surface area contributed by atoms with Gasteiger partial charge in [-0.25, -0.2) is 0 Å². The molecule has 1 fully saturated rings. The molecule has 1 aliphatic heterocycles. The second-order valence-electron chi connectivity index (χ2n) is 8.61. The first-order valence-corrected chi connectivity index (χ1v) is 12.1. The molecule has 1 heterocycles. The number of phenolic OH excluding ortho intramolecular Hbond substituents is 2. The molecule has 0 aliphatic carbocycles. The van der Waals surface area contributed by atoms with Gasteiger partial charge in [-0.1, -0.05) is 60.1 Å². The van der Waals surface area contributed by atoms with E-state index in [0.717, 1.165) is 37.7 Å². The van der Waals surface area contributed by atoms with Crippen molar-refractivity contribution >= 4 is 23.6 Å². The predicted octanol–water partition coefficient (Wildman–Crippen LogP) is 4.29. The summed E-state index contributed by atoms with van der Waals surface area (Å²) in [4.78, 5) is 17.0. The van der Waals surface area contributed by atoms with Gasteiger partial charge in [0.1, 0.15) is 0 Å². The van der Waals surface area contributed by atoms with Gasteiger partial charge in [-0.2, -0.15) is 0 Å². The first-order valence-electron chi connectivity index (χ1n) is 11.7. The van der Waals surface area contributed by atoms with Crippen LogP contribution in [-0.2, 0) is 4.79 Å². The third-order valence-corrected chi connectivity index (χ3v) is 6.48. The van der Waals surface area contributed by atoms with E-state index in [1.54, 1.807) is 12.1 Å². The molecule has 0 bridgehead atoms. The number of hydrogen-bond acceptors (Lipinski definition) is 5. The third-order valence-electron chi connectivity index (χ3n) is 6.23. The highest BCUT2D eigenvalue weighted by Gasteiger charge is 2.26. The lowest BCUT2D eigenvalue weighted by molar-refractivity contribution is -0.116. The lowest BCUT2D eigenvalue weighted by Gasteiger charge is -2.39. The van der Waals surface area contributed by atoms with Gasteiger partial charge in [0.05, 0.1) is 6.04 Å². The van der Waals surface area contributed by atoms with Crippen LogP contribution in [0.15, 0.2) is 78.9 Å². The van der Waals surface area contributed by atoms with E-state index in [2.05, 4.69) is 51.5 Å². The summed E-state index contributed by atoms with van der Waals surface area (Å²) in [6, 6.07) is 23.3. The van der Waals surface area contributed by atoms with Crippen molar-refractivity contribution in [1.29, 1.82) is 0 Å². The number of carbonyl (C=O) groups excluding carboxylic acids is 1. The quantitative estimate of drug-likeness (QED) is 0.324. The SMILES string of the molecule is O=C(C=Cc1ccc(O)c(O)c1)NCCN1CCN(C(c2ccccc2)c2ccc(Cl)cc2)CC1. The Kier molecular flexibility index (Phi) is 8.42. The van der Waals surface area contributed by atoms with Crippen LogP contribution in [0.3, 0.4) is 0 Å². The van der Waals surface area contributed by atoms with Crippen LogP contribution in [0.2, 0.25) is 5.02 Å². The maximum Gasteiger partial charge on any atom is 0.244 e. The van der Waals surface area contributed by atoms with E-state index in [-0.39, 0.29) is 23.4 Å². The second-order valence-corrected chi connectivity index (χ2v) is 9.05. The van der Waals surface area contributed by atoms with Gasteiger partial charge in [-0.3, -0.25) is 14.6 Å². The van der Waals surface area contributed by atoms with Gasteiger partial charge < -0.3 is 15.5 Å². The number of nitrogens with one attached hydrogen (secondary N) is 1. The van der Waals surface area contributed by atoms with Gasteiger partial charge in [0, 0.05) is 50.4 Å². The van der Waals surface area contributed by atoms with E-state index in [1.165, 1.54) is 29.3 Å². The maximum atomic E-state index is 12.1. The molecule has 1 aliphatic rings. The molecule has 35 heavy (non-hydrogen) atoms. The summed E-state index contributed by atoms with van der Waals surface area (Å²) in [6.07, 6.45) is 3.04. The van der Waals surface area contributed by atoms with Gasteiger partial charge in [0.2, 0.25) is 5.91 Å². The minimum Gasteiger partial charge on any atom is -0.504 e. The Morgan fingerprint density at radius 1 is 0.914 bits per heavy atom. The zero-order valence-corrected chi connectivity index (χ0v) is 20.2. The van der Waals surface area contributed by atoms with Crippen molar-refractivity contribution in [1.82, 2.24) is 15.1 Å². The summed E-state index contributed by atoms with van der Waals surface area (Å²) >= 11 is 6.13. The van der Waals surface area contributed by atoms with Crippen molar-refractivity contribution in [3.05, 3.63) is 101 Å². The number of hydrogen-bond donors (Lipinski definition) is 3. The van der Waals surface area contributed by atoms with Gasteiger partial charge in [-0.05, 0) is 47.0 Å². The van der Waals surface area contributed by atoms with Gasteiger partial charge in [0.25, 0.3) is 0 Å². The Labute approximate surface area is 211 Å². The molecule has 3 aromatic carbocycles. The molecule has 182 valence electrons. The van der Waals surface area contributed by atoms with Crippen LogP contribution in [0.5, 0.6) is 11.5 Å². The van der Waals surface area contributed by atoms with Gasteiger partial charge in [-0.15, -0.1) is 0 Å². The van der Waals surface area contributed by atoms with Crippen LogP contribution in [0, 0.1) is 0 Å². The highest BCUT2D eigenvalue weighted by atomic mass is 35.5. The average molecular weight is 492 g/mol. The minimum absolute atomic E-state index is 0.180. The second kappa shape index (κ2) is 11.9. The number of amides is 1. The van der Waals surface area contributed by atoms with E-state index in [1.807, 2.05) is 18.2 Å². The fraction of sp³-hybridized carbons (Fsp3) is 0.250. The maximum absolute atomic E-state index is 12.1. The first-order chi connectivity index (χ1) is 17.0. The molecule has 0 radical (unpaired) electrons. The predicted molar refractivity (Wildman–Crippen MR) is 140 cm³/mol. The molecule has 1 unspecified atom stereocenters. The van der Waals surface area contributed by atoms with E-state index < -0.39 is 0 Å². The van der Waals surface area contributed by atoms with Crippen molar-refractivity contribution in [2.24, 2.45) is 0 Å². The average Bonchev–Trinajstić information content (AvgIpc) is 2.88. The Bertz CT molecular complexity index is 1140. The lowest BCUT2D eigenvalue weighted by atomic mass is 9.96. The van der Waals surface area contributed by atoms with Crippen molar-refractivity contribution in [2.45, 2.75) is 6.04 Å². The van der Waals surface area contributed by atoms with Crippen LogP contribution in [0.4, 0.5) is 0 Å². The fourth-order valence-electron chi connectivity index (χ4n) is 4.35. The minimum atomic E-state index is -0.211. The van der Waals surface area contributed by atoms with E-state index in [9.17, 15) is 15.0 Å². The molecule has 7 heteroatoms. The first kappa shape index (κ1) is 24.8. The summed E-state index contributed by atoms with van der Waals surface area (Å²) in [5.74, 6) is -0.588. The van der Waals surface area contributed by atoms with Gasteiger partial charge in [0.15, 0.2) is 11.5 Å².